The average molecular weight is 202 g/mol. The summed E-state index contributed by atoms with van der Waals surface area (Å²) in [6.07, 6.45) is 3.04. The third kappa shape index (κ3) is 3.45. The summed E-state index contributed by atoms with van der Waals surface area (Å²) in [5.74, 6) is -0.296. The molecule has 0 unspecified atom stereocenters. The fraction of sp³-hybridized carbons (Fsp3) is 0.571. The van der Waals surface area contributed by atoms with Crippen molar-refractivity contribution in [1.82, 2.24) is 10.2 Å². The Bertz CT molecular complexity index is 287. The van der Waals surface area contributed by atoms with E-state index in [2.05, 4.69) is 10.2 Å². The van der Waals surface area contributed by atoms with Crippen LogP contribution in [0.25, 0.3) is 0 Å². The molecule has 1 rings (SSSR count). The van der Waals surface area contributed by atoms with E-state index in [1.165, 1.54) is 11.8 Å². The number of rotatable bonds is 5. The minimum absolute atomic E-state index is 0.136. The molecule has 1 heterocycles. The van der Waals surface area contributed by atoms with Crippen LogP contribution in [-0.4, -0.2) is 27.5 Å². The van der Waals surface area contributed by atoms with Crippen LogP contribution < -0.4 is 0 Å². The molecule has 1 aromatic heterocycles. The van der Waals surface area contributed by atoms with Crippen LogP contribution >= 0.6 is 11.8 Å². The van der Waals surface area contributed by atoms with Gasteiger partial charge >= 0.3 is 5.97 Å². The molecule has 1 N–H and O–H groups in total. The van der Waals surface area contributed by atoms with E-state index in [0.29, 0.717) is 24.0 Å². The molecule has 13 heavy (non-hydrogen) atoms. The number of carboxylic acid groups (broad SMARTS) is 1. The average Bonchev–Trinajstić information content (AvgIpc) is 2.52. The molecule has 72 valence electrons. The van der Waals surface area contributed by atoms with E-state index in [4.69, 9.17) is 9.52 Å². The fourth-order valence-corrected chi connectivity index (χ4v) is 1.11. The standard InChI is InChI=1S/C7H10N2O3S/c1-13-7-9-8-5(12-7)3-2-4-6(10)11/h2-4H2,1H3,(H,10,11). The van der Waals surface area contributed by atoms with Crippen molar-refractivity contribution < 1.29 is 14.3 Å². The third-order valence-corrected chi connectivity index (χ3v) is 1.92. The van der Waals surface area contributed by atoms with E-state index in [-0.39, 0.29) is 6.42 Å². The number of carbonyl (C=O) groups is 1. The summed E-state index contributed by atoms with van der Waals surface area (Å²) in [6, 6.07) is 0. The van der Waals surface area contributed by atoms with Crippen molar-refractivity contribution in [2.45, 2.75) is 24.5 Å². The minimum Gasteiger partial charge on any atom is -0.481 e. The summed E-state index contributed by atoms with van der Waals surface area (Å²) in [5.41, 5.74) is 0. The first-order valence-electron chi connectivity index (χ1n) is 3.80. The second-order valence-corrected chi connectivity index (χ2v) is 3.17. The molecular formula is C7H10N2O3S. The maximum atomic E-state index is 10.2. The molecule has 0 radical (unpaired) electrons. The zero-order valence-electron chi connectivity index (χ0n) is 7.19. The first-order valence-corrected chi connectivity index (χ1v) is 5.03. The zero-order chi connectivity index (χ0) is 9.68. The third-order valence-electron chi connectivity index (χ3n) is 1.40. The van der Waals surface area contributed by atoms with Gasteiger partial charge in [-0.1, -0.05) is 11.8 Å². The SMILES string of the molecule is CSc1nnc(CCCC(=O)O)o1. The van der Waals surface area contributed by atoms with Crippen LogP contribution in [0.5, 0.6) is 0 Å². The van der Waals surface area contributed by atoms with Crippen LogP contribution in [0.2, 0.25) is 0 Å². The Labute approximate surface area is 79.5 Å². The van der Waals surface area contributed by atoms with Crippen molar-refractivity contribution in [3.05, 3.63) is 5.89 Å². The highest BCUT2D eigenvalue weighted by Crippen LogP contribution is 2.12. The molecule has 0 aliphatic rings. The van der Waals surface area contributed by atoms with Gasteiger partial charge in [-0.05, 0) is 12.7 Å². The van der Waals surface area contributed by atoms with Gasteiger partial charge in [-0.25, -0.2) is 0 Å². The Kier molecular flexibility index (Phi) is 3.75. The molecule has 0 aliphatic carbocycles. The summed E-state index contributed by atoms with van der Waals surface area (Å²) in [4.78, 5) is 10.2. The molecule has 0 saturated heterocycles. The largest absolute Gasteiger partial charge is 0.481 e. The van der Waals surface area contributed by atoms with Gasteiger partial charge in [-0.2, -0.15) is 0 Å². The lowest BCUT2D eigenvalue weighted by atomic mass is 10.2. The first-order chi connectivity index (χ1) is 6.22. The van der Waals surface area contributed by atoms with Crippen molar-refractivity contribution in [1.29, 1.82) is 0 Å². The predicted octanol–water partition coefficient (Wildman–Crippen LogP) is 1.20. The topological polar surface area (TPSA) is 76.2 Å². The van der Waals surface area contributed by atoms with Gasteiger partial charge in [0, 0.05) is 12.8 Å². The van der Waals surface area contributed by atoms with Gasteiger partial charge in [0.1, 0.15) is 0 Å². The number of carboxylic acids is 1. The van der Waals surface area contributed by atoms with Gasteiger partial charge in [0.05, 0.1) is 0 Å². The summed E-state index contributed by atoms with van der Waals surface area (Å²) in [6.45, 7) is 0. The van der Waals surface area contributed by atoms with E-state index in [0.717, 1.165) is 0 Å². The van der Waals surface area contributed by atoms with E-state index in [9.17, 15) is 4.79 Å². The predicted molar refractivity (Wildman–Crippen MR) is 46.7 cm³/mol. The van der Waals surface area contributed by atoms with Crippen molar-refractivity contribution in [2.24, 2.45) is 0 Å². The second-order valence-electron chi connectivity index (χ2n) is 2.41. The molecule has 1 aromatic rings. The Morgan fingerprint density at radius 2 is 2.38 bits per heavy atom. The normalized spacial score (nSPS) is 10.2. The first kappa shape index (κ1) is 10.0. The van der Waals surface area contributed by atoms with Gasteiger partial charge in [0.25, 0.3) is 5.22 Å². The monoisotopic (exact) mass is 202 g/mol. The van der Waals surface area contributed by atoms with Crippen LogP contribution in [0.4, 0.5) is 0 Å². The summed E-state index contributed by atoms with van der Waals surface area (Å²) >= 11 is 1.37. The van der Waals surface area contributed by atoms with E-state index < -0.39 is 5.97 Å². The van der Waals surface area contributed by atoms with Crippen LogP contribution in [0, 0.1) is 0 Å². The lowest BCUT2D eigenvalue weighted by Crippen LogP contribution is -1.95. The Hall–Kier alpha value is -1.04. The summed E-state index contributed by atoms with van der Waals surface area (Å²) in [7, 11) is 0. The molecule has 0 amide bonds. The van der Waals surface area contributed by atoms with Gasteiger partial charge in [-0.3, -0.25) is 4.79 Å². The molecular weight excluding hydrogens is 192 g/mol. The second kappa shape index (κ2) is 4.86. The number of aliphatic carboxylic acids is 1. The maximum absolute atomic E-state index is 10.2. The molecule has 0 saturated carbocycles. The van der Waals surface area contributed by atoms with Gasteiger partial charge in [0.2, 0.25) is 5.89 Å². The number of nitrogens with zero attached hydrogens (tertiary/aromatic N) is 2. The molecule has 0 bridgehead atoms. The van der Waals surface area contributed by atoms with Crippen LogP contribution in [0.1, 0.15) is 18.7 Å². The molecule has 0 atom stereocenters. The molecule has 0 aromatic carbocycles. The minimum atomic E-state index is -0.801. The lowest BCUT2D eigenvalue weighted by Gasteiger charge is -1.90. The van der Waals surface area contributed by atoms with Crippen molar-refractivity contribution in [3.8, 4) is 0 Å². The quantitative estimate of drug-likeness (QED) is 0.723. The van der Waals surface area contributed by atoms with Crippen LogP contribution in [-0.2, 0) is 11.2 Å². The van der Waals surface area contributed by atoms with Gasteiger partial charge < -0.3 is 9.52 Å². The van der Waals surface area contributed by atoms with E-state index in [1.807, 2.05) is 6.26 Å². The molecule has 6 heteroatoms. The lowest BCUT2D eigenvalue weighted by molar-refractivity contribution is -0.137. The summed E-state index contributed by atoms with van der Waals surface area (Å²) < 4.78 is 5.16. The number of hydrogen-bond acceptors (Lipinski definition) is 5. The van der Waals surface area contributed by atoms with Crippen LogP contribution in [0.3, 0.4) is 0 Å². The maximum Gasteiger partial charge on any atom is 0.303 e. The number of thioether (sulfide) groups is 1. The Morgan fingerprint density at radius 3 is 2.92 bits per heavy atom. The van der Waals surface area contributed by atoms with Gasteiger partial charge in [0.15, 0.2) is 0 Å². The Balaban J connectivity index is 2.32. The van der Waals surface area contributed by atoms with Crippen molar-refractivity contribution in [3.63, 3.8) is 0 Å². The summed E-state index contributed by atoms with van der Waals surface area (Å²) in [5, 5.41) is 16.4. The molecule has 0 fully saturated rings. The molecule has 0 spiro atoms. The fourth-order valence-electron chi connectivity index (χ4n) is 0.813. The van der Waals surface area contributed by atoms with Crippen molar-refractivity contribution in [2.75, 3.05) is 6.26 Å². The highest BCUT2D eigenvalue weighted by atomic mass is 32.2. The van der Waals surface area contributed by atoms with Crippen LogP contribution in [0.15, 0.2) is 9.64 Å². The highest BCUT2D eigenvalue weighted by Gasteiger charge is 2.05. The van der Waals surface area contributed by atoms with Crippen molar-refractivity contribution >= 4 is 17.7 Å². The zero-order valence-corrected chi connectivity index (χ0v) is 8.00. The number of aromatic nitrogens is 2. The highest BCUT2D eigenvalue weighted by molar-refractivity contribution is 7.98. The van der Waals surface area contributed by atoms with Gasteiger partial charge in [-0.15, -0.1) is 10.2 Å². The molecule has 0 aliphatic heterocycles. The van der Waals surface area contributed by atoms with E-state index >= 15 is 0 Å². The number of hydrogen-bond donors (Lipinski definition) is 1. The van der Waals surface area contributed by atoms with E-state index in [1.54, 1.807) is 0 Å². The Morgan fingerprint density at radius 1 is 1.62 bits per heavy atom. The molecule has 5 nitrogen and oxygen atoms in total. The number of aryl methyl sites for hydroxylation is 1. The smallest absolute Gasteiger partial charge is 0.303 e.